The minimum absolute atomic E-state index is 0.0578. The Morgan fingerprint density at radius 3 is 2.23 bits per heavy atom. The number of benzene rings is 2. The molecule has 0 atom stereocenters. The number of fused-ring (bicyclic) bond motifs is 1. The molecule has 3 aromatic rings. The number of likely N-dealkylation sites (N-methyl/N-ethyl adjacent to an activating group) is 1. The minimum atomic E-state index is -0.179. The van der Waals surface area contributed by atoms with E-state index >= 15 is 0 Å². The van der Waals surface area contributed by atoms with Crippen molar-refractivity contribution in [2.45, 2.75) is 19.9 Å². The normalized spacial score (nSPS) is 10.8. The summed E-state index contributed by atoms with van der Waals surface area (Å²) in [6.07, 6.45) is 0.111. The maximum atomic E-state index is 13.0. The van der Waals surface area contributed by atoms with Gasteiger partial charge in [-0.3, -0.25) is 14.4 Å². The number of hydrogen-bond acceptors (Lipinski definition) is 4. The summed E-state index contributed by atoms with van der Waals surface area (Å²) < 4.78 is 1.28. The molecule has 30 heavy (non-hydrogen) atoms. The van der Waals surface area contributed by atoms with Gasteiger partial charge in [-0.1, -0.05) is 30.3 Å². The second-order valence-electron chi connectivity index (χ2n) is 7.40. The van der Waals surface area contributed by atoms with Gasteiger partial charge in [0.25, 0.3) is 11.5 Å². The molecule has 0 fully saturated rings. The summed E-state index contributed by atoms with van der Waals surface area (Å²) in [6, 6.07) is 14.5. The zero-order valence-electron chi connectivity index (χ0n) is 17.8. The first-order chi connectivity index (χ1) is 14.3. The fraction of sp³-hybridized carbons (Fsp3) is 0.304. The van der Waals surface area contributed by atoms with Crippen LogP contribution in [0, 0.1) is 0 Å². The summed E-state index contributed by atoms with van der Waals surface area (Å²) in [6.45, 7) is 2.91. The predicted molar refractivity (Wildman–Crippen MR) is 116 cm³/mol. The first-order valence-electron chi connectivity index (χ1n) is 9.85. The Labute approximate surface area is 175 Å². The van der Waals surface area contributed by atoms with Gasteiger partial charge in [0.1, 0.15) is 0 Å². The molecular formula is C23H26N4O3. The summed E-state index contributed by atoms with van der Waals surface area (Å²) in [5.41, 5.74) is 1.96. The van der Waals surface area contributed by atoms with E-state index in [1.807, 2.05) is 31.2 Å². The van der Waals surface area contributed by atoms with Crippen molar-refractivity contribution >= 4 is 22.6 Å². The molecule has 156 valence electrons. The highest BCUT2D eigenvalue weighted by molar-refractivity contribution is 5.94. The van der Waals surface area contributed by atoms with Crippen LogP contribution in [0.2, 0.25) is 0 Å². The summed E-state index contributed by atoms with van der Waals surface area (Å²) in [4.78, 5) is 40.6. The Morgan fingerprint density at radius 2 is 1.63 bits per heavy atom. The van der Waals surface area contributed by atoms with Gasteiger partial charge in [-0.05, 0) is 30.7 Å². The van der Waals surface area contributed by atoms with Gasteiger partial charge >= 0.3 is 0 Å². The molecule has 0 spiro atoms. The highest BCUT2D eigenvalue weighted by atomic mass is 16.2. The molecular weight excluding hydrogens is 380 g/mol. The fourth-order valence-corrected chi connectivity index (χ4v) is 3.37. The second-order valence-corrected chi connectivity index (χ2v) is 7.40. The molecule has 2 amide bonds. The molecule has 0 radical (unpaired) electrons. The lowest BCUT2D eigenvalue weighted by Gasteiger charge is -2.21. The van der Waals surface area contributed by atoms with Gasteiger partial charge in [-0.25, -0.2) is 4.68 Å². The van der Waals surface area contributed by atoms with Crippen molar-refractivity contribution < 1.29 is 9.59 Å². The molecule has 0 unspecified atom stereocenters. The monoisotopic (exact) mass is 406 g/mol. The van der Waals surface area contributed by atoms with Crippen LogP contribution in [-0.4, -0.2) is 52.0 Å². The number of aryl methyl sites for hydroxylation is 1. The largest absolute Gasteiger partial charge is 0.345 e. The van der Waals surface area contributed by atoms with Gasteiger partial charge in [-0.15, -0.1) is 0 Å². The van der Waals surface area contributed by atoms with Crippen LogP contribution in [0.25, 0.3) is 10.8 Å². The lowest BCUT2D eigenvalue weighted by atomic mass is 10.1. The van der Waals surface area contributed by atoms with Crippen LogP contribution in [0.15, 0.2) is 53.3 Å². The number of carbonyl (C=O) groups is 2. The van der Waals surface area contributed by atoms with E-state index in [4.69, 9.17) is 0 Å². The van der Waals surface area contributed by atoms with E-state index in [1.165, 1.54) is 9.58 Å². The smallest absolute Gasteiger partial charge is 0.274 e. The zero-order valence-corrected chi connectivity index (χ0v) is 17.8. The summed E-state index contributed by atoms with van der Waals surface area (Å²) in [5, 5.41) is 5.59. The van der Waals surface area contributed by atoms with Crippen LogP contribution >= 0.6 is 0 Å². The number of amides is 2. The fourth-order valence-electron chi connectivity index (χ4n) is 3.37. The Bertz CT molecular complexity index is 1130. The maximum absolute atomic E-state index is 13.0. The predicted octanol–water partition coefficient (Wildman–Crippen LogP) is 2.23. The third-order valence-electron chi connectivity index (χ3n) is 5.07. The maximum Gasteiger partial charge on any atom is 0.274 e. The van der Waals surface area contributed by atoms with Gasteiger partial charge < -0.3 is 9.80 Å². The van der Waals surface area contributed by atoms with Crippen LogP contribution in [0.4, 0.5) is 0 Å². The molecule has 0 saturated carbocycles. The molecule has 1 aromatic heterocycles. The second kappa shape index (κ2) is 8.90. The summed E-state index contributed by atoms with van der Waals surface area (Å²) in [5.74, 6) is -0.125. The molecule has 0 N–H and O–H groups in total. The Morgan fingerprint density at radius 1 is 1.00 bits per heavy atom. The van der Waals surface area contributed by atoms with Crippen LogP contribution in [0.1, 0.15) is 28.5 Å². The molecule has 0 aliphatic rings. The van der Waals surface area contributed by atoms with E-state index in [9.17, 15) is 14.4 Å². The average Bonchev–Trinajstić information content (AvgIpc) is 2.75. The van der Waals surface area contributed by atoms with Crippen LogP contribution < -0.4 is 5.56 Å². The van der Waals surface area contributed by atoms with E-state index in [1.54, 1.807) is 50.3 Å². The first-order valence-corrected chi connectivity index (χ1v) is 9.85. The number of aromatic nitrogens is 2. The lowest BCUT2D eigenvalue weighted by Crippen LogP contribution is -2.33. The number of carbonyl (C=O) groups excluding carboxylic acids is 2. The Kier molecular flexibility index (Phi) is 6.30. The van der Waals surface area contributed by atoms with Crippen LogP contribution in [0.5, 0.6) is 0 Å². The van der Waals surface area contributed by atoms with Gasteiger partial charge in [0.2, 0.25) is 5.91 Å². The highest BCUT2D eigenvalue weighted by Gasteiger charge is 2.17. The van der Waals surface area contributed by atoms with Crippen molar-refractivity contribution in [1.29, 1.82) is 0 Å². The van der Waals surface area contributed by atoms with Crippen LogP contribution in [-0.2, 0) is 24.8 Å². The van der Waals surface area contributed by atoms with Gasteiger partial charge in [0, 0.05) is 45.2 Å². The van der Waals surface area contributed by atoms with E-state index in [0.29, 0.717) is 35.1 Å². The number of hydrogen-bond donors (Lipinski definition) is 0. The molecule has 2 aromatic carbocycles. The standard InChI is InChI=1S/C23H26N4O3/c1-5-27(15-16-10-12-17(13-11-16)22(29)25(2)3)21(28)14-20-18-8-6-7-9-19(18)23(30)26(4)24-20/h6-13H,5,14-15H2,1-4H3. The molecule has 1 heterocycles. The van der Waals surface area contributed by atoms with Crippen molar-refractivity contribution in [3.05, 3.63) is 75.7 Å². The molecule has 0 bridgehead atoms. The van der Waals surface area contributed by atoms with Crippen LogP contribution in [0.3, 0.4) is 0 Å². The van der Waals surface area contributed by atoms with E-state index in [0.717, 1.165) is 5.56 Å². The van der Waals surface area contributed by atoms with Crippen molar-refractivity contribution in [2.24, 2.45) is 7.05 Å². The SMILES string of the molecule is CCN(Cc1ccc(C(=O)N(C)C)cc1)C(=O)Cc1nn(C)c(=O)c2ccccc12. The zero-order chi connectivity index (χ0) is 21.8. The van der Waals surface area contributed by atoms with Gasteiger partial charge in [-0.2, -0.15) is 5.10 Å². The molecule has 0 aliphatic heterocycles. The molecule has 7 heteroatoms. The first kappa shape index (κ1) is 21.2. The van der Waals surface area contributed by atoms with Crippen molar-refractivity contribution in [3.8, 4) is 0 Å². The Hall–Kier alpha value is -3.48. The molecule has 0 saturated heterocycles. The Balaban J connectivity index is 1.79. The topological polar surface area (TPSA) is 75.5 Å². The van der Waals surface area contributed by atoms with E-state index < -0.39 is 0 Å². The van der Waals surface area contributed by atoms with E-state index in [2.05, 4.69) is 5.10 Å². The van der Waals surface area contributed by atoms with Crippen molar-refractivity contribution in [3.63, 3.8) is 0 Å². The third kappa shape index (κ3) is 4.40. The lowest BCUT2D eigenvalue weighted by molar-refractivity contribution is -0.130. The van der Waals surface area contributed by atoms with Crippen molar-refractivity contribution in [2.75, 3.05) is 20.6 Å². The number of nitrogens with zero attached hydrogens (tertiary/aromatic N) is 4. The number of rotatable bonds is 6. The summed E-state index contributed by atoms with van der Waals surface area (Å²) >= 11 is 0. The average molecular weight is 406 g/mol. The summed E-state index contributed by atoms with van der Waals surface area (Å²) in [7, 11) is 5.02. The highest BCUT2D eigenvalue weighted by Crippen LogP contribution is 2.15. The quantitative estimate of drug-likeness (QED) is 0.629. The van der Waals surface area contributed by atoms with Crippen molar-refractivity contribution in [1.82, 2.24) is 19.6 Å². The molecule has 7 nitrogen and oxygen atoms in total. The molecule has 3 rings (SSSR count). The van der Waals surface area contributed by atoms with Gasteiger partial charge in [0.05, 0.1) is 17.5 Å². The van der Waals surface area contributed by atoms with Gasteiger partial charge in [0.15, 0.2) is 0 Å². The minimum Gasteiger partial charge on any atom is -0.345 e. The van der Waals surface area contributed by atoms with E-state index in [-0.39, 0.29) is 23.8 Å². The molecule has 0 aliphatic carbocycles. The third-order valence-corrected chi connectivity index (χ3v) is 5.07.